The summed E-state index contributed by atoms with van der Waals surface area (Å²) in [7, 11) is 1.62. The molecular formula is C14H21ClN2O3. The summed E-state index contributed by atoms with van der Waals surface area (Å²) >= 11 is 5.87. The van der Waals surface area contributed by atoms with E-state index < -0.39 is 0 Å². The van der Waals surface area contributed by atoms with Crippen LogP contribution in [0.4, 0.5) is 0 Å². The van der Waals surface area contributed by atoms with Gasteiger partial charge in [-0.15, -0.1) is 0 Å². The van der Waals surface area contributed by atoms with Crippen LogP contribution in [0.3, 0.4) is 0 Å². The molecule has 0 aliphatic rings. The third-order valence-electron chi connectivity index (χ3n) is 2.49. The molecule has 1 aromatic carbocycles. The highest BCUT2D eigenvalue weighted by molar-refractivity contribution is 6.30. The van der Waals surface area contributed by atoms with Gasteiger partial charge in [0, 0.05) is 18.7 Å². The van der Waals surface area contributed by atoms with Gasteiger partial charge in [-0.05, 0) is 25.1 Å². The lowest BCUT2D eigenvalue weighted by molar-refractivity contribution is -0.120. The van der Waals surface area contributed by atoms with Crippen molar-refractivity contribution in [1.82, 2.24) is 10.6 Å². The maximum absolute atomic E-state index is 11.5. The summed E-state index contributed by atoms with van der Waals surface area (Å²) in [6, 6.07) is 7.18. The van der Waals surface area contributed by atoms with Gasteiger partial charge in [0.05, 0.1) is 19.7 Å². The summed E-state index contributed by atoms with van der Waals surface area (Å²) in [4.78, 5) is 11.5. The molecule has 2 N–H and O–H groups in total. The van der Waals surface area contributed by atoms with Crippen molar-refractivity contribution in [3.05, 3.63) is 29.3 Å². The zero-order chi connectivity index (χ0) is 14.8. The SMILES string of the molecule is COCCNCC(=O)NCC(C)Oc1cccc(Cl)c1. The molecule has 0 fully saturated rings. The Morgan fingerprint density at radius 1 is 1.45 bits per heavy atom. The molecule has 0 bridgehead atoms. The average molecular weight is 301 g/mol. The molecule has 0 heterocycles. The number of methoxy groups -OCH3 is 1. The summed E-state index contributed by atoms with van der Waals surface area (Å²) < 4.78 is 10.5. The van der Waals surface area contributed by atoms with E-state index in [1.54, 1.807) is 19.2 Å². The molecule has 20 heavy (non-hydrogen) atoms. The number of halogens is 1. The number of nitrogens with one attached hydrogen (secondary N) is 2. The number of ether oxygens (including phenoxy) is 2. The number of amides is 1. The van der Waals surface area contributed by atoms with Gasteiger partial charge in [-0.2, -0.15) is 0 Å². The predicted molar refractivity (Wildman–Crippen MR) is 79.3 cm³/mol. The normalized spacial score (nSPS) is 11.9. The van der Waals surface area contributed by atoms with E-state index >= 15 is 0 Å². The first-order valence-corrected chi connectivity index (χ1v) is 6.88. The third kappa shape index (κ3) is 7.33. The molecule has 0 radical (unpaired) electrons. The topological polar surface area (TPSA) is 59.6 Å². The van der Waals surface area contributed by atoms with Crippen molar-refractivity contribution in [3.63, 3.8) is 0 Å². The maximum atomic E-state index is 11.5. The minimum Gasteiger partial charge on any atom is -0.489 e. The molecule has 0 aromatic heterocycles. The molecule has 0 aliphatic heterocycles. The van der Waals surface area contributed by atoms with Gasteiger partial charge in [-0.3, -0.25) is 4.79 Å². The Hall–Kier alpha value is -1.30. The van der Waals surface area contributed by atoms with E-state index in [0.717, 1.165) is 0 Å². The van der Waals surface area contributed by atoms with Crippen molar-refractivity contribution in [3.8, 4) is 5.75 Å². The Bertz CT molecular complexity index is 415. The van der Waals surface area contributed by atoms with Gasteiger partial charge < -0.3 is 20.1 Å². The van der Waals surface area contributed by atoms with Crippen LogP contribution in [0.25, 0.3) is 0 Å². The lowest BCUT2D eigenvalue weighted by Gasteiger charge is -2.15. The second-order valence-corrected chi connectivity index (χ2v) is 4.80. The summed E-state index contributed by atoms with van der Waals surface area (Å²) in [6.45, 7) is 3.84. The van der Waals surface area contributed by atoms with Gasteiger partial charge in [0.15, 0.2) is 0 Å². The average Bonchev–Trinajstić information content (AvgIpc) is 2.41. The van der Waals surface area contributed by atoms with Crippen LogP contribution in [0.2, 0.25) is 5.02 Å². The molecular weight excluding hydrogens is 280 g/mol. The summed E-state index contributed by atoms with van der Waals surface area (Å²) in [5.41, 5.74) is 0. The van der Waals surface area contributed by atoms with E-state index in [2.05, 4.69) is 10.6 Å². The van der Waals surface area contributed by atoms with Gasteiger partial charge in [-0.25, -0.2) is 0 Å². The summed E-state index contributed by atoms with van der Waals surface area (Å²) in [6.07, 6.45) is -0.128. The van der Waals surface area contributed by atoms with Crippen molar-refractivity contribution in [1.29, 1.82) is 0 Å². The molecule has 0 aliphatic carbocycles. The minimum absolute atomic E-state index is 0.0670. The minimum atomic E-state index is -0.128. The van der Waals surface area contributed by atoms with E-state index in [9.17, 15) is 4.79 Å². The van der Waals surface area contributed by atoms with Crippen LogP contribution < -0.4 is 15.4 Å². The smallest absolute Gasteiger partial charge is 0.234 e. The second kappa shape index (κ2) is 9.58. The van der Waals surface area contributed by atoms with Crippen molar-refractivity contribution >= 4 is 17.5 Å². The zero-order valence-electron chi connectivity index (χ0n) is 11.8. The molecule has 1 atom stereocenters. The van der Waals surface area contributed by atoms with Crippen molar-refractivity contribution in [2.45, 2.75) is 13.0 Å². The van der Waals surface area contributed by atoms with Crippen LogP contribution in [-0.4, -0.2) is 45.4 Å². The molecule has 5 nitrogen and oxygen atoms in total. The number of hydrogen-bond donors (Lipinski definition) is 2. The molecule has 0 spiro atoms. The van der Waals surface area contributed by atoms with Crippen molar-refractivity contribution in [2.75, 3.05) is 33.4 Å². The Balaban J connectivity index is 2.19. The Labute approximate surface area is 124 Å². The Morgan fingerprint density at radius 3 is 2.95 bits per heavy atom. The van der Waals surface area contributed by atoms with E-state index in [-0.39, 0.29) is 18.6 Å². The highest BCUT2D eigenvalue weighted by atomic mass is 35.5. The Kier molecular flexibility index (Phi) is 8.02. The van der Waals surface area contributed by atoms with Crippen molar-refractivity contribution < 1.29 is 14.3 Å². The van der Waals surface area contributed by atoms with Crippen LogP contribution in [-0.2, 0) is 9.53 Å². The predicted octanol–water partition coefficient (Wildman–Crippen LogP) is 1.46. The third-order valence-corrected chi connectivity index (χ3v) is 2.72. The highest BCUT2D eigenvalue weighted by Gasteiger charge is 2.07. The largest absolute Gasteiger partial charge is 0.489 e. The standard InChI is InChI=1S/C14H21ClN2O3/c1-11(20-13-5-3-4-12(15)8-13)9-17-14(18)10-16-6-7-19-2/h3-5,8,11,16H,6-7,9-10H2,1-2H3,(H,17,18). The summed E-state index contributed by atoms with van der Waals surface area (Å²) in [5, 5.41) is 6.39. The highest BCUT2D eigenvalue weighted by Crippen LogP contribution is 2.18. The quantitative estimate of drug-likeness (QED) is 0.678. The number of carbonyl (C=O) groups is 1. The summed E-state index contributed by atoms with van der Waals surface area (Å²) in [5.74, 6) is 0.625. The lowest BCUT2D eigenvalue weighted by Crippen LogP contribution is -2.39. The molecule has 1 rings (SSSR count). The number of rotatable bonds is 9. The van der Waals surface area contributed by atoms with Crippen LogP contribution in [0.1, 0.15) is 6.92 Å². The maximum Gasteiger partial charge on any atom is 0.234 e. The van der Waals surface area contributed by atoms with Crippen LogP contribution in [0.5, 0.6) is 5.75 Å². The van der Waals surface area contributed by atoms with Gasteiger partial charge >= 0.3 is 0 Å². The first kappa shape index (κ1) is 16.8. The Morgan fingerprint density at radius 2 is 2.25 bits per heavy atom. The van der Waals surface area contributed by atoms with Gasteiger partial charge in [0.2, 0.25) is 5.91 Å². The number of carbonyl (C=O) groups excluding carboxylic acids is 1. The van der Waals surface area contributed by atoms with E-state index in [0.29, 0.717) is 30.5 Å². The van der Waals surface area contributed by atoms with E-state index in [1.165, 1.54) is 0 Å². The molecule has 112 valence electrons. The van der Waals surface area contributed by atoms with Gasteiger partial charge in [0.1, 0.15) is 11.9 Å². The number of hydrogen-bond acceptors (Lipinski definition) is 4. The van der Waals surface area contributed by atoms with Crippen LogP contribution in [0, 0.1) is 0 Å². The molecule has 1 amide bonds. The fourth-order valence-corrected chi connectivity index (χ4v) is 1.69. The van der Waals surface area contributed by atoms with Gasteiger partial charge in [0.25, 0.3) is 0 Å². The first-order valence-electron chi connectivity index (χ1n) is 6.50. The first-order chi connectivity index (χ1) is 9.61. The molecule has 1 aromatic rings. The fraction of sp³-hybridized carbons (Fsp3) is 0.500. The molecule has 0 saturated heterocycles. The van der Waals surface area contributed by atoms with Crippen LogP contribution in [0.15, 0.2) is 24.3 Å². The van der Waals surface area contributed by atoms with Crippen LogP contribution >= 0.6 is 11.6 Å². The van der Waals surface area contributed by atoms with E-state index in [4.69, 9.17) is 21.1 Å². The lowest BCUT2D eigenvalue weighted by atomic mass is 10.3. The number of benzene rings is 1. The fourth-order valence-electron chi connectivity index (χ4n) is 1.51. The monoisotopic (exact) mass is 300 g/mol. The zero-order valence-corrected chi connectivity index (χ0v) is 12.6. The van der Waals surface area contributed by atoms with E-state index in [1.807, 2.05) is 19.1 Å². The molecule has 1 unspecified atom stereocenters. The second-order valence-electron chi connectivity index (χ2n) is 4.36. The molecule has 0 saturated carbocycles. The van der Waals surface area contributed by atoms with Crippen molar-refractivity contribution in [2.24, 2.45) is 0 Å². The molecule has 6 heteroatoms. The van der Waals surface area contributed by atoms with Gasteiger partial charge in [-0.1, -0.05) is 17.7 Å².